The third-order valence-electron chi connectivity index (χ3n) is 3.95. The Balaban J connectivity index is 1.85. The van der Waals surface area contributed by atoms with Gasteiger partial charge in [0.1, 0.15) is 0 Å². The summed E-state index contributed by atoms with van der Waals surface area (Å²) in [5, 5.41) is 13.9. The number of nitrogens with zero attached hydrogens (tertiary/aromatic N) is 2. The molecule has 0 aliphatic carbocycles. The number of H-pyrrole nitrogens is 1. The number of carbonyl (C=O) groups excluding carboxylic acids is 1. The van der Waals surface area contributed by atoms with Crippen molar-refractivity contribution in [1.82, 2.24) is 20.7 Å². The van der Waals surface area contributed by atoms with E-state index in [1.165, 1.54) is 0 Å². The van der Waals surface area contributed by atoms with Crippen molar-refractivity contribution >= 4 is 16.9 Å². The van der Waals surface area contributed by atoms with E-state index in [4.69, 9.17) is 13.9 Å². The molecule has 1 amide bonds. The molecule has 2 N–H and O–H groups in total. The Kier molecular flexibility index (Phi) is 5.40. The molecule has 0 bridgehead atoms. The number of rotatable bonds is 8. The summed E-state index contributed by atoms with van der Waals surface area (Å²) in [5.41, 5.74) is 2.08. The number of aryl methyl sites for hydroxylation is 1. The standard InChI is InChI=1S/C18H22N4O4/c1-4-24-14-7-6-13-11(3)15(26-16(13)17(14)25-5-2)18(23)19-9-8-12-10-20-22-21-12/h6-7,10H,4-5,8-9H2,1-3H3,(H,19,23)(H,20,21,22). The molecule has 3 rings (SSSR count). The second-order valence-corrected chi connectivity index (χ2v) is 5.66. The van der Waals surface area contributed by atoms with Crippen molar-refractivity contribution < 1.29 is 18.7 Å². The van der Waals surface area contributed by atoms with Crippen LogP contribution in [0.15, 0.2) is 22.7 Å². The predicted molar refractivity (Wildman–Crippen MR) is 95.7 cm³/mol. The maximum atomic E-state index is 12.5. The smallest absolute Gasteiger partial charge is 0.287 e. The van der Waals surface area contributed by atoms with Gasteiger partial charge >= 0.3 is 0 Å². The van der Waals surface area contributed by atoms with Crippen LogP contribution in [0.1, 0.15) is 35.7 Å². The van der Waals surface area contributed by atoms with Gasteiger partial charge in [-0.3, -0.25) is 4.79 Å². The number of carbonyl (C=O) groups is 1. The summed E-state index contributed by atoms with van der Waals surface area (Å²) in [6, 6.07) is 3.72. The van der Waals surface area contributed by atoms with E-state index >= 15 is 0 Å². The van der Waals surface area contributed by atoms with Crippen LogP contribution >= 0.6 is 0 Å². The van der Waals surface area contributed by atoms with Crippen LogP contribution in [0.5, 0.6) is 11.5 Å². The SMILES string of the molecule is CCOc1ccc2c(C)c(C(=O)NCCc3cn[nH]n3)oc2c1OCC. The molecular formula is C18H22N4O4. The van der Waals surface area contributed by atoms with Gasteiger partial charge in [0.05, 0.1) is 25.1 Å². The monoisotopic (exact) mass is 358 g/mol. The Hall–Kier alpha value is -3.03. The Morgan fingerprint density at radius 1 is 1.27 bits per heavy atom. The highest BCUT2D eigenvalue weighted by atomic mass is 16.5. The summed E-state index contributed by atoms with van der Waals surface area (Å²) >= 11 is 0. The molecule has 8 heteroatoms. The van der Waals surface area contributed by atoms with E-state index < -0.39 is 0 Å². The van der Waals surface area contributed by atoms with Gasteiger partial charge in [0.25, 0.3) is 5.91 Å². The highest BCUT2D eigenvalue weighted by molar-refractivity contribution is 6.00. The quantitative estimate of drug-likeness (QED) is 0.642. The topological polar surface area (TPSA) is 102 Å². The summed E-state index contributed by atoms with van der Waals surface area (Å²) in [4.78, 5) is 12.5. The van der Waals surface area contributed by atoms with Gasteiger partial charge in [-0.1, -0.05) is 0 Å². The van der Waals surface area contributed by atoms with E-state index in [0.29, 0.717) is 43.3 Å². The molecule has 0 saturated carbocycles. The van der Waals surface area contributed by atoms with Gasteiger partial charge in [0.15, 0.2) is 17.1 Å². The van der Waals surface area contributed by atoms with E-state index in [2.05, 4.69) is 20.7 Å². The molecular weight excluding hydrogens is 336 g/mol. The van der Waals surface area contributed by atoms with E-state index in [1.807, 2.05) is 32.9 Å². The maximum absolute atomic E-state index is 12.5. The first-order valence-electron chi connectivity index (χ1n) is 8.60. The van der Waals surface area contributed by atoms with Crippen molar-refractivity contribution in [3.05, 3.63) is 35.3 Å². The summed E-state index contributed by atoms with van der Waals surface area (Å²) in [5.74, 6) is 1.13. The lowest BCUT2D eigenvalue weighted by Crippen LogP contribution is -2.25. The lowest BCUT2D eigenvalue weighted by Gasteiger charge is -2.10. The van der Waals surface area contributed by atoms with Gasteiger partial charge in [-0.15, -0.1) is 0 Å². The third kappa shape index (κ3) is 3.49. The largest absolute Gasteiger partial charge is 0.490 e. The first-order chi connectivity index (χ1) is 12.7. The molecule has 0 aliphatic heterocycles. The number of fused-ring (bicyclic) bond motifs is 1. The Morgan fingerprint density at radius 3 is 2.77 bits per heavy atom. The number of ether oxygens (including phenoxy) is 2. The summed E-state index contributed by atoms with van der Waals surface area (Å²) in [7, 11) is 0. The van der Waals surface area contributed by atoms with Gasteiger partial charge in [-0.25, -0.2) is 0 Å². The second kappa shape index (κ2) is 7.90. The number of aromatic nitrogens is 3. The van der Waals surface area contributed by atoms with Gasteiger partial charge in [-0.2, -0.15) is 15.4 Å². The predicted octanol–water partition coefficient (Wildman–Crippen LogP) is 2.63. The van der Waals surface area contributed by atoms with Crippen molar-refractivity contribution in [3.63, 3.8) is 0 Å². The van der Waals surface area contributed by atoms with Crippen molar-refractivity contribution in [2.24, 2.45) is 0 Å². The van der Waals surface area contributed by atoms with Crippen LogP contribution in [0.3, 0.4) is 0 Å². The molecule has 26 heavy (non-hydrogen) atoms. The maximum Gasteiger partial charge on any atom is 0.287 e. The minimum absolute atomic E-state index is 0.273. The first-order valence-corrected chi connectivity index (χ1v) is 8.60. The lowest BCUT2D eigenvalue weighted by atomic mass is 10.1. The van der Waals surface area contributed by atoms with Crippen molar-refractivity contribution in [1.29, 1.82) is 0 Å². The molecule has 2 aromatic heterocycles. The highest BCUT2D eigenvalue weighted by Crippen LogP contribution is 2.39. The zero-order valence-corrected chi connectivity index (χ0v) is 15.1. The molecule has 138 valence electrons. The molecule has 8 nitrogen and oxygen atoms in total. The van der Waals surface area contributed by atoms with Gasteiger partial charge in [-0.05, 0) is 32.9 Å². The van der Waals surface area contributed by atoms with Crippen LogP contribution in [-0.4, -0.2) is 41.1 Å². The fourth-order valence-corrected chi connectivity index (χ4v) is 2.74. The van der Waals surface area contributed by atoms with Crippen LogP contribution in [0.2, 0.25) is 0 Å². The molecule has 0 unspecified atom stereocenters. The highest BCUT2D eigenvalue weighted by Gasteiger charge is 2.22. The Bertz CT molecular complexity index is 886. The summed E-state index contributed by atoms with van der Waals surface area (Å²) < 4.78 is 17.2. The van der Waals surface area contributed by atoms with Crippen LogP contribution in [0.25, 0.3) is 11.0 Å². The normalized spacial score (nSPS) is 10.9. The molecule has 2 heterocycles. The Labute approximate surface area is 150 Å². The van der Waals surface area contributed by atoms with Crippen molar-refractivity contribution in [2.75, 3.05) is 19.8 Å². The minimum Gasteiger partial charge on any atom is -0.490 e. The number of amides is 1. The summed E-state index contributed by atoms with van der Waals surface area (Å²) in [6.45, 7) is 7.07. The molecule has 0 radical (unpaired) electrons. The van der Waals surface area contributed by atoms with Crippen LogP contribution < -0.4 is 14.8 Å². The third-order valence-corrected chi connectivity index (χ3v) is 3.95. The lowest BCUT2D eigenvalue weighted by molar-refractivity contribution is 0.0927. The Morgan fingerprint density at radius 2 is 2.08 bits per heavy atom. The van der Waals surface area contributed by atoms with Gasteiger partial charge < -0.3 is 19.2 Å². The molecule has 3 aromatic rings. The van der Waals surface area contributed by atoms with Crippen molar-refractivity contribution in [2.45, 2.75) is 27.2 Å². The molecule has 0 aliphatic rings. The number of furan rings is 1. The van der Waals surface area contributed by atoms with E-state index in [1.54, 1.807) is 6.20 Å². The zero-order valence-electron chi connectivity index (χ0n) is 15.1. The average molecular weight is 358 g/mol. The fraction of sp³-hybridized carbons (Fsp3) is 0.389. The van der Waals surface area contributed by atoms with Gasteiger partial charge in [0, 0.05) is 23.9 Å². The van der Waals surface area contributed by atoms with Crippen molar-refractivity contribution in [3.8, 4) is 11.5 Å². The number of aromatic amines is 1. The fourth-order valence-electron chi connectivity index (χ4n) is 2.74. The zero-order chi connectivity index (χ0) is 18.5. The van der Waals surface area contributed by atoms with E-state index in [9.17, 15) is 4.79 Å². The van der Waals surface area contributed by atoms with Gasteiger partial charge in [0.2, 0.25) is 5.75 Å². The molecule has 0 atom stereocenters. The number of hydrogen-bond donors (Lipinski definition) is 2. The van der Waals surface area contributed by atoms with Crippen LogP contribution in [0, 0.1) is 6.92 Å². The molecule has 1 aromatic carbocycles. The summed E-state index contributed by atoms with van der Waals surface area (Å²) in [6.07, 6.45) is 2.21. The second-order valence-electron chi connectivity index (χ2n) is 5.66. The molecule has 0 saturated heterocycles. The van der Waals surface area contributed by atoms with E-state index in [0.717, 1.165) is 16.6 Å². The molecule has 0 spiro atoms. The van der Waals surface area contributed by atoms with Crippen LogP contribution in [0.4, 0.5) is 0 Å². The first kappa shape index (κ1) is 17.8. The van der Waals surface area contributed by atoms with E-state index in [-0.39, 0.29) is 11.7 Å². The average Bonchev–Trinajstić information content (AvgIpc) is 3.25. The number of hydrogen-bond acceptors (Lipinski definition) is 6. The van der Waals surface area contributed by atoms with Crippen LogP contribution in [-0.2, 0) is 6.42 Å². The molecule has 0 fully saturated rings. The number of nitrogens with one attached hydrogen (secondary N) is 2. The minimum atomic E-state index is -0.275. The number of benzene rings is 1.